The molecule has 1 saturated heterocycles. The fourth-order valence-electron chi connectivity index (χ4n) is 2.51. The van der Waals surface area contributed by atoms with Gasteiger partial charge >= 0.3 is 5.97 Å². The molecule has 1 aliphatic rings. The first-order valence-corrected chi connectivity index (χ1v) is 5.57. The molecular weight excluding hydrogens is 178 g/mol. The van der Waals surface area contributed by atoms with Gasteiger partial charge in [-0.1, -0.05) is 13.3 Å². The lowest BCUT2D eigenvalue weighted by Gasteiger charge is -2.27. The molecule has 1 N–H and O–H groups in total. The number of rotatable bonds is 5. The van der Waals surface area contributed by atoms with Crippen LogP contribution in [0.1, 0.15) is 39.0 Å². The Morgan fingerprint density at radius 3 is 2.79 bits per heavy atom. The highest BCUT2D eigenvalue weighted by atomic mass is 16.4. The fourth-order valence-corrected chi connectivity index (χ4v) is 2.51. The van der Waals surface area contributed by atoms with Crippen LogP contribution < -0.4 is 0 Å². The SMILES string of the molecule is CCC(CCC(=O)O)C1CCCN1C. The van der Waals surface area contributed by atoms with E-state index in [4.69, 9.17) is 5.11 Å². The quantitative estimate of drug-likeness (QED) is 0.736. The average molecular weight is 199 g/mol. The van der Waals surface area contributed by atoms with Crippen LogP contribution in [0.25, 0.3) is 0 Å². The number of aliphatic carboxylic acids is 1. The second-order valence-corrected chi connectivity index (χ2v) is 4.29. The van der Waals surface area contributed by atoms with E-state index in [-0.39, 0.29) is 0 Å². The first kappa shape index (κ1) is 11.5. The lowest BCUT2D eigenvalue weighted by Crippen LogP contribution is -2.32. The molecule has 2 unspecified atom stereocenters. The van der Waals surface area contributed by atoms with Gasteiger partial charge in [-0.2, -0.15) is 0 Å². The summed E-state index contributed by atoms with van der Waals surface area (Å²) in [4.78, 5) is 12.9. The van der Waals surface area contributed by atoms with Crippen LogP contribution in [0.4, 0.5) is 0 Å². The Bertz CT molecular complexity index is 194. The predicted molar refractivity (Wildman–Crippen MR) is 56.3 cm³/mol. The van der Waals surface area contributed by atoms with E-state index in [0.29, 0.717) is 18.4 Å². The van der Waals surface area contributed by atoms with Crippen molar-refractivity contribution in [3.63, 3.8) is 0 Å². The zero-order valence-electron chi connectivity index (χ0n) is 9.20. The number of hydrogen-bond acceptors (Lipinski definition) is 2. The van der Waals surface area contributed by atoms with Gasteiger partial charge in [0.1, 0.15) is 0 Å². The van der Waals surface area contributed by atoms with Crippen LogP contribution in [0, 0.1) is 5.92 Å². The first-order valence-electron chi connectivity index (χ1n) is 5.57. The second kappa shape index (κ2) is 5.35. The van der Waals surface area contributed by atoms with Crippen molar-refractivity contribution in [2.75, 3.05) is 13.6 Å². The Hall–Kier alpha value is -0.570. The molecule has 0 aromatic heterocycles. The molecule has 0 aliphatic carbocycles. The minimum absolute atomic E-state index is 0.322. The van der Waals surface area contributed by atoms with E-state index in [0.717, 1.165) is 12.8 Å². The first-order chi connectivity index (χ1) is 6.65. The summed E-state index contributed by atoms with van der Waals surface area (Å²) in [5.41, 5.74) is 0. The van der Waals surface area contributed by atoms with Gasteiger partial charge in [-0.3, -0.25) is 4.79 Å². The fraction of sp³-hybridized carbons (Fsp3) is 0.909. The highest BCUT2D eigenvalue weighted by Crippen LogP contribution is 2.27. The van der Waals surface area contributed by atoms with E-state index in [2.05, 4.69) is 18.9 Å². The highest BCUT2D eigenvalue weighted by Gasteiger charge is 2.28. The molecule has 0 saturated carbocycles. The minimum atomic E-state index is -0.663. The smallest absolute Gasteiger partial charge is 0.303 e. The van der Waals surface area contributed by atoms with E-state index in [1.807, 2.05) is 0 Å². The van der Waals surface area contributed by atoms with Crippen molar-refractivity contribution in [3.05, 3.63) is 0 Å². The molecule has 1 rings (SSSR count). The van der Waals surface area contributed by atoms with Gasteiger partial charge in [-0.15, -0.1) is 0 Å². The number of likely N-dealkylation sites (tertiary alicyclic amines) is 1. The summed E-state index contributed by atoms with van der Waals surface area (Å²) in [6.45, 7) is 3.34. The molecule has 0 radical (unpaired) electrons. The number of carboxylic acid groups (broad SMARTS) is 1. The van der Waals surface area contributed by atoms with Gasteiger partial charge in [0.25, 0.3) is 0 Å². The monoisotopic (exact) mass is 199 g/mol. The highest BCUT2D eigenvalue weighted by molar-refractivity contribution is 5.66. The van der Waals surface area contributed by atoms with E-state index >= 15 is 0 Å². The zero-order chi connectivity index (χ0) is 10.6. The Morgan fingerprint density at radius 2 is 2.36 bits per heavy atom. The van der Waals surface area contributed by atoms with E-state index in [1.165, 1.54) is 19.4 Å². The summed E-state index contributed by atoms with van der Waals surface area (Å²) in [7, 11) is 2.15. The number of carbonyl (C=O) groups is 1. The summed E-state index contributed by atoms with van der Waals surface area (Å²) in [5.74, 6) is -0.0947. The lowest BCUT2D eigenvalue weighted by atomic mass is 9.90. The van der Waals surface area contributed by atoms with Crippen molar-refractivity contribution < 1.29 is 9.90 Å². The molecule has 3 nitrogen and oxygen atoms in total. The molecular formula is C11H21NO2. The van der Waals surface area contributed by atoms with E-state index in [9.17, 15) is 4.79 Å². The van der Waals surface area contributed by atoms with Crippen molar-refractivity contribution in [2.45, 2.75) is 45.1 Å². The molecule has 3 heteroatoms. The summed E-state index contributed by atoms with van der Waals surface area (Å²) in [6, 6.07) is 0.624. The Kier molecular flexibility index (Phi) is 4.39. The molecule has 0 amide bonds. The topological polar surface area (TPSA) is 40.5 Å². The van der Waals surface area contributed by atoms with Gasteiger partial charge in [-0.05, 0) is 38.8 Å². The van der Waals surface area contributed by atoms with Crippen LogP contribution in [0.15, 0.2) is 0 Å². The maximum Gasteiger partial charge on any atom is 0.303 e. The number of nitrogens with zero attached hydrogens (tertiary/aromatic N) is 1. The molecule has 1 heterocycles. The average Bonchev–Trinajstić information content (AvgIpc) is 2.53. The normalized spacial score (nSPS) is 25.1. The van der Waals surface area contributed by atoms with Gasteiger partial charge < -0.3 is 10.0 Å². The predicted octanol–water partition coefficient (Wildman–Crippen LogP) is 1.97. The molecule has 0 aromatic carbocycles. The van der Waals surface area contributed by atoms with Crippen LogP contribution in [-0.2, 0) is 4.79 Å². The summed E-state index contributed by atoms with van der Waals surface area (Å²) < 4.78 is 0. The second-order valence-electron chi connectivity index (χ2n) is 4.29. The standard InChI is InChI=1S/C11H21NO2/c1-3-9(6-7-11(13)14)10-5-4-8-12(10)2/h9-10H,3-8H2,1-2H3,(H,13,14). The van der Waals surface area contributed by atoms with E-state index < -0.39 is 5.97 Å². The lowest BCUT2D eigenvalue weighted by molar-refractivity contribution is -0.137. The van der Waals surface area contributed by atoms with E-state index in [1.54, 1.807) is 0 Å². The third-order valence-electron chi connectivity index (χ3n) is 3.37. The number of carboxylic acids is 1. The van der Waals surface area contributed by atoms with Gasteiger partial charge in [0, 0.05) is 12.5 Å². The van der Waals surface area contributed by atoms with Crippen molar-refractivity contribution in [1.82, 2.24) is 4.90 Å². The van der Waals surface area contributed by atoms with Crippen molar-refractivity contribution >= 4 is 5.97 Å². The van der Waals surface area contributed by atoms with Crippen LogP contribution in [-0.4, -0.2) is 35.6 Å². The van der Waals surface area contributed by atoms with Gasteiger partial charge in [0.05, 0.1) is 0 Å². The molecule has 14 heavy (non-hydrogen) atoms. The molecule has 1 fully saturated rings. The maximum absolute atomic E-state index is 10.5. The van der Waals surface area contributed by atoms with Crippen LogP contribution in [0.5, 0.6) is 0 Å². The Morgan fingerprint density at radius 1 is 1.64 bits per heavy atom. The largest absolute Gasteiger partial charge is 0.481 e. The van der Waals surface area contributed by atoms with Crippen molar-refractivity contribution in [2.24, 2.45) is 5.92 Å². The van der Waals surface area contributed by atoms with Crippen molar-refractivity contribution in [3.8, 4) is 0 Å². The Labute approximate surface area is 86.1 Å². The minimum Gasteiger partial charge on any atom is -0.481 e. The molecule has 0 spiro atoms. The van der Waals surface area contributed by atoms with Crippen LogP contribution in [0.2, 0.25) is 0 Å². The zero-order valence-corrected chi connectivity index (χ0v) is 9.20. The molecule has 1 aliphatic heterocycles. The molecule has 0 aromatic rings. The Balaban J connectivity index is 2.40. The van der Waals surface area contributed by atoms with Gasteiger partial charge in [-0.25, -0.2) is 0 Å². The van der Waals surface area contributed by atoms with Gasteiger partial charge in [0.2, 0.25) is 0 Å². The third-order valence-corrected chi connectivity index (χ3v) is 3.37. The van der Waals surface area contributed by atoms with Crippen LogP contribution in [0.3, 0.4) is 0 Å². The van der Waals surface area contributed by atoms with Crippen LogP contribution >= 0.6 is 0 Å². The van der Waals surface area contributed by atoms with Gasteiger partial charge in [0.15, 0.2) is 0 Å². The molecule has 82 valence electrons. The summed E-state index contributed by atoms with van der Waals surface area (Å²) >= 11 is 0. The molecule has 0 bridgehead atoms. The third kappa shape index (κ3) is 2.98. The maximum atomic E-state index is 10.5. The molecule has 2 atom stereocenters. The van der Waals surface area contributed by atoms with Crippen molar-refractivity contribution in [1.29, 1.82) is 0 Å². The summed E-state index contributed by atoms with van der Waals surface area (Å²) in [5, 5.41) is 8.65. The number of hydrogen-bond donors (Lipinski definition) is 1. The summed E-state index contributed by atoms with van der Waals surface area (Å²) in [6.07, 6.45) is 4.77.